The number of methoxy groups -OCH3 is 1. The normalized spacial score (nSPS) is 12.4. The van der Waals surface area contributed by atoms with Gasteiger partial charge in [-0.2, -0.15) is 16.8 Å². The van der Waals surface area contributed by atoms with Crippen molar-refractivity contribution in [1.29, 1.82) is 0 Å². The fraction of sp³-hybridized carbons (Fsp3) is 0.316. The average Bonchev–Trinajstić information content (AvgIpc) is 2.72. The Bertz CT molecular complexity index is 1210. The topological polar surface area (TPSA) is 162 Å². The molecule has 0 heterocycles. The zero-order valence-corrected chi connectivity index (χ0v) is 18.9. The molecule has 0 aliphatic carbocycles. The van der Waals surface area contributed by atoms with Gasteiger partial charge in [-0.1, -0.05) is 41.5 Å². The molecule has 0 saturated heterocycles. The second-order valence-corrected chi connectivity index (χ2v) is 9.64. The van der Waals surface area contributed by atoms with E-state index in [-0.39, 0.29) is 13.0 Å². The van der Waals surface area contributed by atoms with Gasteiger partial charge in [-0.05, 0) is 42.1 Å². The number of esters is 1. The zero-order valence-electron chi connectivity index (χ0n) is 17.2. The Balaban J connectivity index is 2.35. The van der Waals surface area contributed by atoms with E-state index in [1.807, 2.05) is 0 Å². The average molecular weight is 484 g/mol. The molecule has 11 nitrogen and oxygen atoms in total. The number of azide groups is 1. The first-order chi connectivity index (χ1) is 15.1. The van der Waals surface area contributed by atoms with E-state index in [2.05, 4.69) is 14.8 Å². The van der Waals surface area contributed by atoms with Crippen molar-refractivity contribution in [3.8, 4) is 5.75 Å². The third-order valence-corrected chi connectivity index (χ3v) is 6.52. The molecule has 13 heteroatoms. The van der Waals surface area contributed by atoms with Crippen molar-refractivity contribution in [1.82, 2.24) is 0 Å². The Labute approximate surface area is 185 Å². The summed E-state index contributed by atoms with van der Waals surface area (Å²) in [4.78, 5) is 13.9. The number of carbonyl (C=O) groups is 1. The van der Waals surface area contributed by atoms with Crippen LogP contribution >= 0.6 is 0 Å². The fourth-order valence-corrected chi connectivity index (χ4v) is 4.88. The van der Waals surface area contributed by atoms with Crippen molar-refractivity contribution < 1.29 is 34.7 Å². The van der Waals surface area contributed by atoms with Gasteiger partial charge in [0.05, 0.1) is 7.11 Å². The van der Waals surface area contributed by atoms with Gasteiger partial charge in [-0.3, -0.25) is 4.18 Å². The number of benzene rings is 2. The van der Waals surface area contributed by atoms with Gasteiger partial charge in [0.15, 0.2) is 11.9 Å². The second kappa shape index (κ2) is 11.0. The van der Waals surface area contributed by atoms with Crippen LogP contribution in [0.5, 0.6) is 5.75 Å². The standard InChI is InChI=1S/C19H21N3O8S2/c1-14-8-9-18(32(26,27)30-16(19(23)28-2)10-11-21-22-20)17(12-14)29-31(24,25)13-15-6-4-3-5-7-15/h3-9,12,16H,10-11,13H2,1-2H3. The Morgan fingerprint density at radius 1 is 1.12 bits per heavy atom. The number of hydrogen-bond donors (Lipinski definition) is 0. The van der Waals surface area contributed by atoms with Crippen LogP contribution in [-0.2, 0) is 39.7 Å². The van der Waals surface area contributed by atoms with Crippen LogP contribution in [0.1, 0.15) is 17.5 Å². The van der Waals surface area contributed by atoms with Crippen LogP contribution in [0.15, 0.2) is 58.5 Å². The van der Waals surface area contributed by atoms with E-state index < -0.39 is 48.7 Å². The predicted molar refractivity (Wildman–Crippen MR) is 114 cm³/mol. The molecule has 0 radical (unpaired) electrons. The van der Waals surface area contributed by atoms with Crippen molar-refractivity contribution in [2.75, 3.05) is 13.7 Å². The van der Waals surface area contributed by atoms with Gasteiger partial charge < -0.3 is 8.92 Å². The summed E-state index contributed by atoms with van der Waals surface area (Å²) < 4.78 is 65.4. The number of hydrogen-bond acceptors (Lipinski definition) is 9. The molecular weight excluding hydrogens is 462 g/mol. The molecular formula is C19H21N3O8S2. The van der Waals surface area contributed by atoms with E-state index in [1.165, 1.54) is 12.1 Å². The quantitative estimate of drug-likeness (QED) is 0.155. The Morgan fingerprint density at radius 2 is 1.81 bits per heavy atom. The third-order valence-electron chi connectivity index (χ3n) is 4.03. The first-order valence-electron chi connectivity index (χ1n) is 9.16. The molecule has 0 bridgehead atoms. The lowest BCUT2D eigenvalue weighted by molar-refractivity contribution is -0.148. The number of aryl methyl sites for hydroxylation is 1. The number of nitrogens with zero attached hydrogens (tertiary/aromatic N) is 3. The maximum absolute atomic E-state index is 12.9. The molecule has 0 spiro atoms. The Kier molecular flexibility index (Phi) is 8.61. The van der Waals surface area contributed by atoms with E-state index >= 15 is 0 Å². The van der Waals surface area contributed by atoms with Crippen molar-refractivity contribution >= 4 is 26.2 Å². The summed E-state index contributed by atoms with van der Waals surface area (Å²) in [5.41, 5.74) is 9.35. The van der Waals surface area contributed by atoms with Crippen LogP contribution in [0.3, 0.4) is 0 Å². The maximum Gasteiger partial charge on any atom is 0.336 e. The summed E-state index contributed by atoms with van der Waals surface area (Å²) in [5, 5.41) is 3.24. The minimum atomic E-state index is -4.67. The molecule has 2 rings (SSSR count). The number of carbonyl (C=O) groups excluding carboxylic acids is 1. The van der Waals surface area contributed by atoms with Gasteiger partial charge >= 0.3 is 26.2 Å². The van der Waals surface area contributed by atoms with Crippen LogP contribution in [0.4, 0.5) is 0 Å². The van der Waals surface area contributed by atoms with E-state index in [9.17, 15) is 21.6 Å². The summed E-state index contributed by atoms with van der Waals surface area (Å²) in [6.45, 7) is 1.39. The van der Waals surface area contributed by atoms with Crippen molar-refractivity contribution in [3.63, 3.8) is 0 Å². The molecule has 1 unspecified atom stereocenters. The lowest BCUT2D eigenvalue weighted by atomic mass is 10.2. The SMILES string of the molecule is COC(=O)C(CCN=[N+]=[N-])OS(=O)(=O)c1ccc(C)cc1OS(=O)(=O)Cc1ccccc1. The molecule has 172 valence electrons. The van der Waals surface area contributed by atoms with Gasteiger partial charge in [0.2, 0.25) is 0 Å². The monoisotopic (exact) mass is 483 g/mol. The van der Waals surface area contributed by atoms with Crippen molar-refractivity contribution in [2.45, 2.75) is 30.1 Å². The van der Waals surface area contributed by atoms with E-state index in [0.29, 0.717) is 11.1 Å². The van der Waals surface area contributed by atoms with Crippen LogP contribution in [0.25, 0.3) is 10.4 Å². The Morgan fingerprint density at radius 3 is 2.44 bits per heavy atom. The Hall–Kier alpha value is -3.12. The minimum absolute atomic E-state index is 0.228. The minimum Gasteiger partial charge on any atom is -0.467 e. The molecule has 32 heavy (non-hydrogen) atoms. The summed E-state index contributed by atoms with van der Waals surface area (Å²) in [6, 6.07) is 12.0. The van der Waals surface area contributed by atoms with Gasteiger partial charge in [0.1, 0.15) is 10.6 Å². The van der Waals surface area contributed by atoms with Crippen LogP contribution < -0.4 is 4.18 Å². The number of ether oxygens (including phenoxy) is 1. The first kappa shape index (κ1) is 25.1. The highest BCUT2D eigenvalue weighted by atomic mass is 32.2. The molecule has 0 aliphatic heterocycles. The van der Waals surface area contributed by atoms with Gasteiger partial charge in [0, 0.05) is 11.5 Å². The molecule has 1 atom stereocenters. The smallest absolute Gasteiger partial charge is 0.336 e. The fourth-order valence-electron chi connectivity index (χ4n) is 2.59. The predicted octanol–water partition coefficient (Wildman–Crippen LogP) is 2.85. The van der Waals surface area contributed by atoms with Gasteiger partial charge in [0.25, 0.3) is 0 Å². The number of rotatable bonds is 11. The van der Waals surface area contributed by atoms with E-state index in [1.54, 1.807) is 37.3 Å². The van der Waals surface area contributed by atoms with E-state index in [4.69, 9.17) is 13.9 Å². The van der Waals surface area contributed by atoms with Crippen molar-refractivity contribution in [2.24, 2.45) is 5.11 Å². The molecule has 0 fully saturated rings. The van der Waals surface area contributed by atoms with Crippen LogP contribution in [0, 0.1) is 6.92 Å². The van der Waals surface area contributed by atoms with Gasteiger partial charge in [-0.25, -0.2) is 4.79 Å². The second-order valence-electron chi connectivity index (χ2n) is 6.53. The van der Waals surface area contributed by atoms with Gasteiger partial charge in [-0.15, -0.1) is 0 Å². The molecule has 0 aromatic heterocycles. The highest BCUT2D eigenvalue weighted by molar-refractivity contribution is 7.87. The van der Waals surface area contributed by atoms with Crippen molar-refractivity contribution in [3.05, 3.63) is 70.1 Å². The van der Waals surface area contributed by atoms with E-state index in [0.717, 1.165) is 13.2 Å². The molecule has 0 N–H and O–H groups in total. The summed E-state index contributed by atoms with van der Waals surface area (Å²) in [5.74, 6) is -1.97. The highest BCUT2D eigenvalue weighted by Crippen LogP contribution is 2.30. The summed E-state index contributed by atoms with van der Waals surface area (Å²) >= 11 is 0. The summed E-state index contributed by atoms with van der Waals surface area (Å²) in [7, 11) is -7.85. The zero-order chi connectivity index (χ0) is 23.8. The lowest BCUT2D eigenvalue weighted by Crippen LogP contribution is -2.29. The van der Waals surface area contributed by atoms with Crippen LogP contribution in [-0.4, -0.2) is 42.6 Å². The first-order valence-corrected chi connectivity index (χ1v) is 12.2. The highest BCUT2D eigenvalue weighted by Gasteiger charge is 2.31. The lowest BCUT2D eigenvalue weighted by Gasteiger charge is -2.17. The molecule has 0 amide bonds. The summed E-state index contributed by atoms with van der Waals surface area (Å²) in [6.07, 6.45) is -1.88. The maximum atomic E-state index is 12.9. The largest absolute Gasteiger partial charge is 0.467 e. The molecule has 2 aromatic rings. The van der Waals surface area contributed by atoms with Crippen LogP contribution in [0.2, 0.25) is 0 Å². The third kappa shape index (κ3) is 7.24. The molecule has 0 aliphatic rings. The molecule has 2 aromatic carbocycles. The molecule has 0 saturated carbocycles.